The van der Waals surface area contributed by atoms with Gasteiger partial charge in [-0.05, 0) is 24.1 Å². The van der Waals surface area contributed by atoms with Gasteiger partial charge in [0.15, 0.2) is 5.96 Å². The lowest BCUT2D eigenvalue weighted by Crippen LogP contribution is -2.23. The molecule has 0 saturated heterocycles. The van der Waals surface area contributed by atoms with Crippen LogP contribution in [-0.2, 0) is 0 Å². The molecule has 82 valence electrons. The molecule has 0 bridgehead atoms. The molecule has 0 aliphatic heterocycles. The van der Waals surface area contributed by atoms with Crippen molar-refractivity contribution in [3.05, 3.63) is 30.1 Å². The Labute approximate surface area is 89.2 Å². The van der Waals surface area contributed by atoms with E-state index in [9.17, 15) is 4.39 Å². The number of guanidine groups is 1. The number of hydrogen-bond acceptors (Lipinski definition) is 1. The molecule has 4 heteroatoms. The van der Waals surface area contributed by atoms with Crippen LogP contribution in [-0.4, -0.2) is 12.5 Å². The summed E-state index contributed by atoms with van der Waals surface area (Å²) < 4.78 is 12.8. The van der Waals surface area contributed by atoms with Crippen molar-refractivity contribution in [1.82, 2.24) is 0 Å². The van der Waals surface area contributed by atoms with Gasteiger partial charge in [-0.2, -0.15) is 0 Å². The summed E-state index contributed by atoms with van der Waals surface area (Å²) in [5.41, 5.74) is 6.23. The normalized spacial score (nSPS) is 11.9. The third-order valence-electron chi connectivity index (χ3n) is 1.72. The molecule has 3 N–H and O–H groups in total. The van der Waals surface area contributed by atoms with Crippen LogP contribution < -0.4 is 11.1 Å². The predicted molar refractivity (Wildman–Crippen MR) is 61.4 cm³/mol. The Bertz CT molecular complexity index is 347. The number of hydrogen-bond donors (Lipinski definition) is 2. The fraction of sp³-hybridized carbons (Fsp3) is 0.364. The van der Waals surface area contributed by atoms with Gasteiger partial charge in [-0.25, -0.2) is 4.39 Å². The van der Waals surface area contributed by atoms with E-state index in [0.717, 1.165) is 0 Å². The van der Waals surface area contributed by atoms with Gasteiger partial charge in [0, 0.05) is 12.2 Å². The number of halogens is 1. The molecule has 0 saturated carbocycles. The summed E-state index contributed by atoms with van der Waals surface area (Å²) in [6.07, 6.45) is 0. The molecular formula is C11H16FN3. The average Bonchev–Trinajstić information content (AvgIpc) is 2.15. The quantitative estimate of drug-likeness (QED) is 0.592. The molecule has 0 spiro atoms. The summed E-state index contributed by atoms with van der Waals surface area (Å²) in [5.74, 6) is 0.476. The Kier molecular flexibility index (Phi) is 4.09. The summed E-state index contributed by atoms with van der Waals surface area (Å²) in [4.78, 5) is 4.11. The molecule has 0 atom stereocenters. The van der Waals surface area contributed by atoms with Gasteiger partial charge < -0.3 is 11.1 Å². The van der Waals surface area contributed by atoms with Crippen molar-refractivity contribution in [3.63, 3.8) is 0 Å². The van der Waals surface area contributed by atoms with Gasteiger partial charge in [0.1, 0.15) is 5.82 Å². The molecule has 0 fully saturated rings. The van der Waals surface area contributed by atoms with Gasteiger partial charge in [0.25, 0.3) is 0 Å². The van der Waals surface area contributed by atoms with Gasteiger partial charge in [-0.3, -0.25) is 4.99 Å². The minimum Gasteiger partial charge on any atom is -0.370 e. The first-order valence-electron chi connectivity index (χ1n) is 4.90. The Balaban J connectivity index is 2.58. The van der Waals surface area contributed by atoms with Crippen molar-refractivity contribution < 1.29 is 4.39 Å². The molecule has 0 unspecified atom stereocenters. The Morgan fingerprint density at radius 1 is 1.53 bits per heavy atom. The zero-order valence-corrected chi connectivity index (χ0v) is 9.00. The van der Waals surface area contributed by atoms with Crippen LogP contribution in [0, 0.1) is 11.7 Å². The van der Waals surface area contributed by atoms with E-state index in [1.165, 1.54) is 12.1 Å². The Morgan fingerprint density at radius 3 is 2.87 bits per heavy atom. The van der Waals surface area contributed by atoms with E-state index in [2.05, 4.69) is 24.2 Å². The number of aliphatic imine (C=N–C) groups is 1. The van der Waals surface area contributed by atoms with E-state index in [4.69, 9.17) is 5.73 Å². The van der Waals surface area contributed by atoms with E-state index >= 15 is 0 Å². The second kappa shape index (κ2) is 5.34. The Morgan fingerprint density at radius 2 is 2.27 bits per heavy atom. The smallest absolute Gasteiger partial charge is 0.193 e. The summed E-state index contributed by atoms with van der Waals surface area (Å²) in [5, 5.41) is 2.83. The first-order chi connectivity index (χ1) is 7.08. The maximum absolute atomic E-state index is 12.8. The van der Waals surface area contributed by atoms with Crippen LogP contribution in [0.2, 0.25) is 0 Å². The highest BCUT2D eigenvalue weighted by atomic mass is 19.1. The maximum atomic E-state index is 12.8. The van der Waals surface area contributed by atoms with Crippen LogP contribution in [0.4, 0.5) is 10.1 Å². The largest absolute Gasteiger partial charge is 0.370 e. The fourth-order valence-corrected chi connectivity index (χ4v) is 1.03. The highest BCUT2D eigenvalue weighted by Gasteiger charge is 1.97. The van der Waals surface area contributed by atoms with E-state index in [-0.39, 0.29) is 5.82 Å². The lowest BCUT2D eigenvalue weighted by atomic mass is 10.2. The van der Waals surface area contributed by atoms with Gasteiger partial charge in [0.05, 0.1) is 0 Å². The third kappa shape index (κ3) is 4.44. The average molecular weight is 209 g/mol. The van der Waals surface area contributed by atoms with E-state index in [1.807, 2.05) is 0 Å². The number of nitrogens with one attached hydrogen (secondary N) is 1. The molecule has 3 nitrogen and oxygen atoms in total. The topological polar surface area (TPSA) is 50.4 Å². The van der Waals surface area contributed by atoms with E-state index < -0.39 is 0 Å². The molecule has 1 rings (SSSR count). The van der Waals surface area contributed by atoms with Crippen molar-refractivity contribution in [1.29, 1.82) is 0 Å². The molecule has 1 aromatic rings. The fourth-order valence-electron chi connectivity index (χ4n) is 1.03. The minimum atomic E-state index is -0.295. The zero-order valence-electron chi connectivity index (χ0n) is 9.00. The van der Waals surface area contributed by atoms with Crippen LogP contribution in [0.15, 0.2) is 29.3 Å². The van der Waals surface area contributed by atoms with Crippen molar-refractivity contribution in [3.8, 4) is 0 Å². The molecule has 0 aromatic heterocycles. The second-order valence-corrected chi connectivity index (χ2v) is 3.76. The van der Waals surface area contributed by atoms with Crippen LogP contribution in [0.1, 0.15) is 13.8 Å². The molecule has 15 heavy (non-hydrogen) atoms. The van der Waals surface area contributed by atoms with Crippen molar-refractivity contribution in [2.45, 2.75) is 13.8 Å². The van der Waals surface area contributed by atoms with Gasteiger partial charge in [-0.1, -0.05) is 19.9 Å². The van der Waals surface area contributed by atoms with Crippen LogP contribution >= 0.6 is 0 Å². The molecule has 0 aliphatic carbocycles. The maximum Gasteiger partial charge on any atom is 0.193 e. The molecule has 0 radical (unpaired) electrons. The number of benzene rings is 1. The van der Waals surface area contributed by atoms with Crippen LogP contribution in [0.5, 0.6) is 0 Å². The highest BCUT2D eigenvalue weighted by Crippen LogP contribution is 2.08. The first kappa shape index (κ1) is 11.5. The summed E-state index contributed by atoms with van der Waals surface area (Å²) in [7, 11) is 0. The first-order valence-corrected chi connectivity index (χ1v) is 4.90. The number of nitrogens with two attached hydrogens (primary N) is 1. The van der Waals surface area contributed by atoms with Crippen LogP contribution in [0.25, 0.3) is 0 Å². The van der Waals surface area contributed by atoms with E-state index in [0.29, 0.717) is 24.1 Å². The number of anilines is 1. The SMILES string of the molecule is CC(C)CN=C(N)Nc1cccc(F)c1. The molecule has 1 aromatic carbocycles. The predicted octanol–water partition coefficient (Wildman–Crippen LogP) is 2.21. The lowest BCUT2D eigenvalue weighted by molar-refractivity contribution is 0.628. The van der Waals surface area contributed by atoms with E-state index in [1.54, 1.807) is 12.1 Å². The van der Waals surface area contributed by atoms with Crippen LogP contribution in [0.3, 0.4) is 0 Å². The monoisotopic (exact) mass is 209 g/mol. The van der Waals surface area contributed by atoms with Crippen molar-refractivity contribution in [2.24, 2.45) is 16.6 Å². The highest BCUT2D eigenvalue weighted by molar-refractivity contribution is 5.92. The summed E-state index contributed by atoms with van der Waals surface area (Å²) in [6.45, 7) is 4.77. The van der Waals surface area contributed by atoms with Crippen molar-refractivity contribution >= 4 is 11.6 Å². The minimum absolute atomic E-state index is 0.295. The number of rotatable bonds is 3. The lowest BCUT2D eigenvalue weighted by Gasteiger charge is -2.06. The molecule has 0 heterocycles. The zero-order chi connectivity index (χ0) is 11.3. The molecule has 0 amide bonds. The number of nitrogens with zero attached hydrogens (tertiary/aromatic N) is 1. The van der Waals surface area contributed by atoms with Gasteiger partial charge in [-0.15, -0.1) is 0 Å². The third-order valence-corrected chi connectivity index (χ3v) is 1.72. The van der Waals surface area contributed by atoms with Crippen molar-refractivity contribution in [2.75, 3.05) is 11.9 Å². The Hall–Kier alpha value is -1.58. The second-order valence-electron chi connectivity index (χ2n) is 3.76. The molecular weight excluding hydrogens is 193 g/mol. The summed E-state index contributed by atoms with van der Waals surface area (Å²) >= 11 is 0. The molecule has 0 aliphatic rings. The standard InChI is InChI=1S/C11H16FN3/c1-8(2)7-14-11(13)15-10-5-3-4-9(12)6-10/h3-6,8H,7H2,1-2H3,(H3,13,14,15). The van der Waals surface area contributed by atoms with Gasteiger partial charge in [0.2, 0.25) is 0 Å². The van der Waals surface area contributed by atoms with Gasteiger partial charge >= 0.3 is 0 Å². The summed E-state index contributed by atoms with van der Waals surface area (Å²) in [6, 6.07) is 6.11.